The Balaban J connectivity index is 1.38. The van der Waals surface area contributed by atoms with Gasteiger partial charge in [-0.3, -0.25) is 0 Å². The lowest BCUT2D eigenvalue weighted by molar-refractivity contribution is 0.124. The molecule has 4 rings (SSSR count). The molecule has 2 aliphatic rings. The molecule has 0 spiro atoms. The van der Waals surface area contributed by atoms with Gasteiger partial charge < -0.3 is 15.5 Å². The number of hydrogen-bond acceptors (Lipinski definition) is 3. The van der Waals surface area contributed by atoms with Crippen LogP contribution in [0.25, 0.3) is 5.70 Å². The predicted molar refractivity (Wildman–Crippen MR) is 143 cm³/mol. The Bertz CT molecular complexity index is 1020. The van der Waals surface area contributed by atoms with Gasteiger partial charge in [-0.05, 0) is 66.5 Å². The van der Waals surface area contributed by atoms with Gasteiger partial charge in [-0.25, -0.2) is 0 Å². The van der Waals surface area contributed by atoms with Crippen LogP contribution < -0.4 is 10.6 Å². The van der Waals surface area contributed by atoms with Crippen LogP contribution in [-0.2, 0) is 13.0 Å². The van der Waals surface area contributed by atoms with Crippen LogP contribution in [0, 0.1) is 11.8 Å². The second-order valence-electron chi connectivity index (χ2n) is 9.40. The Morgan fingerprint density at radius 3 is 2.55 bits per heavy atom. The molecule has 2 unspecified atom stereocenters. The normalized spacial score (nSPS) is 20.2. The van der Waals surface area contributed by atoms with Crippen molar-refractivity contribution in [3.05, 3.63) is 82.1 Å². The van der Waals surface area contributed by atoms with E-state index in [0.717, 1.165) is 41.9 Å². The fourth-order valence-electron chi connectivity index (χ4n) is 5.35. The average Bonchev–Trinajstić information content (AvgIpc) is 2.82. The molecule has 0 aromatic heterocycles. The number of nitrogens with zero attached hydrogens (tertiary/aromatic N) is 1. The van der Waals surface area contributed by atoms with E-state index in [1.807, 2.05) is 12.1 Å². The van der Waals surface area contributed by atoms with Crippen molar-refractivity contribution in [2.45, 2.75) is 52.0 Å². The van der Waals surface area contributed by atoms with E-state index in [4.69, 9.17) is 23.2 Å². The number of fused-ring (bicyclic) bond motifs is 1. The lowest BCUT2D eigenvalue weighted by Crippen LogP contribution is -2.40. The van der Waals surface area contributed by atoms with E-state index < -0.39 is 0 Å². The molecule has 2 aromatic carbocycles. The van der Waals surface area contributed by atoms with Crippen LogP contribution in [0.3, 0.4) is 0 Å². The zero-order chi connectivity index (χ0) is 23.4. The largest absolute Gasteiger partial charge is 0.371 e. The van der Waals surface area contributed by atoms with Crippen LogP contribution in [0.5, 0.6) is 0 Å². The van der Waals surface area contributed by atoms with Crippen LogP contribution in [-0.4, -0.2) is 18.0 Å². The topological polar surface area (TPSA) is 27.3 Å². The van der Waals surface area contributed by atoms with Crippen molar-refractivity contribution in [3.63, 3.8) is 0 Å². The molecule has 0 amide bonds. The molecule has 1 saturated carbocycles. The first kappa shape index (κ1) is 24.0. The highest BCUT2D eigenvalue weighted by molar-refractivity contribution is 6.35. The number of rotatable bonds is 8. The zero-order valence-electron chi connectivity index (χ0n) is 19.6. The molecule has 1 saturated heterocycles. The molecule has 3 nitrogen and oxygen atoms in total. The number of nitrogens with one attached hydrogen (secondary N) is 2. The number of aryl methyl sites for hydroxylation is 1. The number of likely N-dealkylation sites (tertiary alicyclic amines) is 1. The molecule has 176 valence electrons. The minimum atomic E-state index is 0.578. The van der Waals surface area contributed by atoms with E-state index in [1.54, 1.807) is 6.07 Å². The summed E-state index contributed by atoms with van der Waals surface area (Å²) in [5.74, 6) is 2.51. The SMILES string of the molecule is C=C(NCc1ccc(Cl)cc1Cl)Nc1ccc(C(=C)N2CCC3CCCCC3C2)c(CC)c1. The Kier molecular flexibility index (Phi) is 7.93. The van der Waals surface area contributed by atoms with Crippen LogP contribution in [0.1, 0.15) is 55.7 Å². The maximum Gasteiger partial charge on any atom is 0.0959 e. The molecule has 0 bridgehead atoms. The molecule has 1 aliphatic heterocycles. The molecular formula is C28H35Cl2N3. The summed E-state index contributed by atoms with van der Waals surface area (Å²) in [5, 5.41) is 7.97. The fourth-order valence-corrected chi connectivity index (χ4v) is 5.82. The van der Waals surface area contributed by atoms with Crippen LogP contribution >= 0.6 is 23.2 Å². The average molecular weight is 485 g/mol. The molecule has 1 aliphatic carbocycles. The van der Waals surface area contributed by atoms with E-state index in [0.29, 0.717) is 16.6 Å². The number of halogens is 2. The zero-order valence-corrected chi connectivity index (χ0v) is 21.1. The lowest BCUT2D eigenvalue weighted by Gasteiger charge is -2.43. The van der Waals surface area contributed by atoms with Crippen LogP contribution in [0.2, 0.25) is 10.0 Å². The quantitative estimate of drug-likeness (QED) is 0.402. The van der Waals surface area contributed by atoms with E-state index in [9.17, 15) is 0 Å². The Labute approximate surface area is 208 Å². The summed E-state index contributed by atoms with van der Waals surface area (Å²) in [6.07, 6.45) is 7.90. The number of anilines is 1. The van der Waals surface area contributed by atoms with Crippen molar-refractivity contribution in [1.82, 2.24) is 10.2 Å². The number of hydrogen-bond donors (Lipinski definition) is 2. The van der Waals surface area contributed by atoms with Crippen LogP contribution in [0.4, 0.5) is 5.69 Å². The van der Waals surface area contributed by atoms with Crippen molar-refractivity contribution < 1.29 is 0 Å². The maximum atomic E-state index is 6.27. The first-order valence-corrected chi connectivity index (χ1v) is 12.9. The first-order valence-electron chi connectivity index (χ1n) is 12.2. The summed E-state index contributed by atoms with van der Waals surface area (Å²) in [5.41, 5.74) is 5.76. The van der Waals surface area contributed by atoms with Gasteiger partial charge in [0.1, 0.15) is 0 Å². The number of piperidine rings is 1. The van der Waals surface area contributed by atoms with Gasteiger partial charge in [-0.1, -0.05) is 74.7 Å². The van der Waals surface area contributed by atoms with E-state index in [-0.39, 0.29) is 0 Å². The van der Waals surface area contributed by atoms with Gasteiger partial charge in [0, 0.05) is 46.6 Å². The van der Waals surface area contributed by atoms with Crippen molar-refractivity contribution >= 4 is 34.6 Å². The minimum absolute atomic E-state index is 0.578. The van der Waals surface area contributed by atoms with E-state index >= 15 is 0 Å². The molecule has 33 heavy (non-hydrogen) atoms. The van der Waals surface area contributed by atoms with Gasteiger partial charge >= 0.3 is 0 Å². The Morgan fingerprint density at radius 1 is 1.00 bits per heavy atom. The number of benzene rings is 2. The van der Waals surface area contributed by atoms with Crippen LogP contribution in [0.15, 0.2) is 55.4 Å². The van der Waals surface area contributed by atoms with Gasteiger partial charge in [0.05, 0.1) is 5.82 Å². The highest BCUT2D eigenvalue weighted by Crippen LogP contribution is 2.38. The van der Waals surface area contributed by atoms with Crippen molar-refractivity contribution in [2.24, 2.45) is 11.8 Å². The highest BCUT2D eigenvalue weighted by atomic mass is 35.5. The summed E-state index contributed by atoms with van der Waals surface area (Å²) in [6.45, 7) is 13.7. The molecule has 2 atom stereocenters. The van der Waals surface area contributed by atoms with Crippen molar-refractivity contribution in [3.8, 4) is 0 Å². The molecule has 5 heteroatoms. The van der Waals surface area contributed by atoms with Gasteiger partial charge in [0.2, 0.25) is 0 Å². The summed E-state index contributed by atoms with van der Waals surface area (Å²) < 4.78 is 0. The third-order valence-electron chi connectivity index (χ3n) is 7.27. The summed E-state index contributed by atoms with van der Waals surface area (Å²) >= 11 is 12.3. The second-order valence-corrected chi connectivity index (χ2v) is 10.2. The smallest absolute Gasteiger partial charge is 0.0959 e. The standard InChI is InChI=1S/C28H35Cl2N3/c1-4-21-15-26(32-20(3)31-17-23-9-10-25(29)16-28(23)30)11-12-27(21)19(2)33-14-13-22-7-5-6-8-24(22)18-33/h9-12,15-16,22,24,31-32H,2-8,13-14,17-18H2,1H3. The molecule has 2 aromatic rings. The molecule has 2 fully saturated rings. The van der Waals surface area contributed by atoms with Gasteiger partial charge in [0.25, 0.3) is 0 Å². The van der Waals surface area contributed by atoms with Gasteiger partial charge in [-0.15, -0.1) is 0 Å². The molecule has 1 heterocycles. The Morgan fingerprint density at radius 2 is 1.79 bits per heavy atom. The highest BCUT2D eigenvalue weighted by Gasteiger charge is 2.31. The van der Waals surface area contributed by atoms with Crippen molar-refractivity contribution in [2.75, 3.05) is 18.4 Å². The Hall–Kier alpha value is -2.10. The fraction of sp³-hybridized carbons (Fsp3) is 0.429. The summed E-state index contributed by atoms with van der Waals surface area (Å²) in [6, 6.07) is 12.1. The lowest BCUT2D eigenvalue weighted by atomic mass is 9.75. The van der Waals surface area contributed by atoms with Gasteiger partial charge in [-0.2, -0.15) is 0 Å². The summed E-state index contributed by atoms with van der Waals surface area (Å²) in [7, 11) is 0. The molecular weight excluding hydrogens is 449 g/mol. The molecule has 0 radical (unpaired) electrons. The van der Waals surface area contributed by atoms with E-state index in [2.05, 4.69) is 53.8 Å². The second kappa shape index (κ2) is 10.9. The minimum Gasteiger partial charge on any atom is -0.371 e. The maximum absolute atomic E-state index is 6.27. The third-order valence-corrected chi connectivity index (χ3v) is 7.86. The monoisotopic (exact) mass is 483 g/mol. The molecule has 2 N–H and O–H groups in total. The van der Waals surface area contributed by atoms with E-state index in [1.165, 1.54) is 55.5 Å². The van der Waals surface area contributed by atoms with Gasteiger partial charge in [0.15, 0.2) is 0 Å². The van der Waals surface area contributed by atoms with Crippen molar-refractivity contribution in [1.29, 1.82) is 0 Å². The third kappa shape index (κ3) is 5.88. The predicted octanol–water partition coefficient (Wildman–Crippen LogP) is 7.71. The summed E-state index contributed by atoms with van der Waals surface area (Å²) in [4.78, 5) is 2.53. The first-order chi connectivity index (χ1) is 15.9.